The first kappa shape index (κ1) is 22.9. The number of aliphatic hydroxyl groups excluding tert-OH is 1. The average Bonchev–Trinajstić information content (AvgIpc) is 3.46. The van der Waals surface area contributed by atoms with Crippen LogP contribution in [0.4, 0.5) is 24.5 Å². The number of carboxylic acid groups (broad SMARTS) is 1. The number of fused-ring (bicyclic) bond motifs is 2. The van der Waals surface area contributed by atoms with Gasteiger partial charge in [0.1, 0.15) is 5.76 Å². The first-order valence-corrected chi connectivity index (χ1v) is 11.2. The number of carbonyl (C=O) groups is 2. The number of aliphatic hydroxyl groups is 1. The largest absolute Gasteiger partial charge is 0.477 e. The van der Waals surface area contributed by atoms with Crippen LogP contribution in [0.1, 0.15) is 43.4 Å². The summed E-state index contributed by atoms with van der Waals surface area (Å²) in [5, 5.41) is 30.4. The van der Waals surface area contributed by atoms with Crippen LogP contribution in [0.25, 0.3) is 10.9 Å². The Morgan fingerprint density at radius 2 is 2.03 bits per heavy atom. The number of anilines is 2. The summed E-state index contributed by atoms with van der Waals surface area (Å²) in [6, 6.07) is 2.77. The molecule has 35 heavy (non-hydrogen) atoms. The minimum atomic E-state index is -4.72. The van der Waals surface area contributed by atoms with E-state index in [0.717, 1.165) is 23.1 Å². The lowest BCUT2D eigenvalue weighted by molar-refractivity contribution is -0.137. The van der Waals surface area contributed by atoms with Crippen LogP contribution in [0.5, 0.6) is 0 Å². The SMILES string of the molecule is Cc1noc(C)c1Cn1c(C(=O)O)c(N2C(=O)c3cscc3NC2O)c2cc(C(F)(F)F)ccc21. The molecule has 0 radical (unpaired) electrons. The minimum absolute atomic E-state index is 0.0973. The molecule has 0 fully saturated rings. The molecule has 1 unspecified atom stereocenters. The lowest BCUT2D eigenvalue weighted by Gasteiger charge is -2.33. The van der Waals surface area contributed by atoms with Gasteiger partial charge in [0, 0.05) is 21.7 Å². The number of nitrogens with zero attached hydrogens (tertiary/aromatic N) is 3. The summed E-state index contributed by atoms with van der Waals surface area (Å²) in [4.78, 5) is 26.6. The van der Waals surface area contributed by atoms with E-state index in [1.807, 2.05) is 0 Å². The number of thiophene rings is 1. The Bertz CT molecular complexity index is 1480. The Morgan fingerprint density at radius 1 is 1.29 bits per heavy atom. The predicted molar refractivity (Wildman–Crippen MR) is 120 cm³/mol. The van der Waals surface area contributed by atoms with Crippen molar-refractivity contribution in [3.05, 3.63) is 62.8 Å². The summed E-state index contributed by atoms with van der Waals surface area (Å²) in [6.07, 6.45) is -6.43. The molecule has 5 rings (SSSR count). The zero-order chi connectivity index (χ0) is 25.2. The number of benzene rings is 1. The molecule has 0 spiro atoms. The molecule has 0 saturated heterocycles. The number of aromatic nitrogens is 2. The molecule has 4 aromatic rings. The topological polar surface area (TPSA) is 121 Å². The summed E-state index contributed by atoms with van der Waals surface area (Å²) in [5.41, 5.74) is -0.194. The molecule has 0 saturated carbocycles. The second-order valence-electron chi connectivity index (χ2n) is 8.01. The van der Waals surface area contributed by atoms with E-state index >= 15 is 0 Å². The molecule has 1 aliphatic heterocycles. The third kappa shape index (κ3) is 3.54. The monoisotopic (exact) mass is 506 g/mol. The summed E-state index contributed by atoms with van der Waals surface area (Å²) in [6.45, 7) is 3.19. The van der Waals surface area contributed by atoms with Crippen molar-refractivity contribution >= 4 is 45.5 Å². The van der Waals surface area contributed by atoms with E-state index in [9.17, 15) is 33.0 Å². The van der Waals surface area contributed by atoms with E-state index in [0.29, 0.717) is 22.7 Å². The van der Waals surface area contributed by atoms with Crippen molar-refractivity contribution < 1.29 is 37.5 Å². The summed E-state index contributed by atoms with van der Waals surface area (Å²) >= 11 is 1.18. The third-order valence-electron chi connectivity index (χ3n) is 5.95. The Labute approximate surface area is 199 Å². The maximum Gasteiger partial charge on any atom is 0.416 e. The van der Waals surface area contributed by atoms with Gasteiger partial charge in [-0.05, 0) is 32.0 Å². The summed E-state index contributed by atoms with van der Waals surface area (Å²) in [5.74, 6) is -1.83. The molecule has 1 atom stereocenters. The fourth-order valence-corrected chi connectivity index (χ4v) is 5.03. The highest BCUT2D eigenvalue weighted by atomic mass is 32.1. The van der Waals surface area contributed by atoms with Crippen LogP contribution >= 0.6 is 11.3 Å². The van der Waals surface area contributed by atoms with Crippen molar-refractivity contribution in [2.75, 3.05) is 10.2 Å². The quantitative estimate of drug-likeness (QED) is 0.375. The van der Waals surface area contributed by atoms with E-state index in [1.165, 1.54) is 21.3 Å². The maximum atomic E-state index is 13.6. The molecule has 4 heterocycles. The number of hydrogen-bond donors (Lipinski definition) is 3. The fraction of sp³-hybridized carbons (Fsp3) is 0.227. The number of nitrogens with one attached hydrogen (secondary N) is 1. The van der Waals surface area contributed by atoms with Gasteiger partial charge in [-0.15, -0.1) is 11.3 Å². The van der Waals surface area contributed by atoms with Crippen molar-refractivity contribution in [1.82, 2.24) is 9.72 Å². The van der Waals surface area contributed by atoms with Gasteiger partial charge in [0.15, 0.2) is 5.69 Å². The van der Waals surface area contributed by atoms with Crippen LogP contribution in [0.15, 0.2) is 33.5 Å². The van der Waals surface area contributed by atoms with Crippen molar-refractivity contribution in [2.24, 2.45) is 0 Å². The highest BCUT2D eigenvalue weighted by Gasteiger charge is 2.39. The molecular weight excluding hydrogens is 489 g/mol. The van der Waals surface area contributed by atoms with Crippen molar-refractivity contribution in [1.29, 1.82) is 0 Å². The van der Waals surface area contributed by atoms with Gasteiger partial charge in [-0.2, -0.15) is 13.2 Å². The normalized spacial score (nSPS) is 16.0. The van der Waals surface area contributed by atoms with Crippen LogP contribution in [-0.2, 0) is 12.7 Å². The van der Waals surface area contributed by atoms with Crippen molar-refractivity contribution in [3.63, 3.8) is 0 Å². The molecular formula is C22H17F3N4O5S. The van der Waals surface area contributed by atoms with Crippen LogP contribution < -0.4 is 10.2 Å². The molecule has 1 aliphatic rings. The molecule has 0 aliphatic carbocycles. The number of alkyl halides is 3. The predicted octanol–water partition coefficient (Wildman–Crippen LogP) is 4.42. The summed E-state index contributed by atoms with van der Waals surface area (Å²) < 4.78 is 47.2. The minimum Gasteiger partial charge on any atom is -0.477 e. The van der Waals surface area contributed by atoms with E-state index in [1.54, 1.807) is 19.2 Å². The molecule has 1 amide bonds. The zero-order valence-electron chi connectivity index (χ0n) is 18.2. The van der Waals surface area contributed by atoms with Gasteiger partial charge in [-0.1, -0.05) is 5.16 Å². The van der Waals surface area contributed by atoms with Crippen molar-refractivity contribution in [2.45, 2.75) is 32.9 Å². The first-order valence-electron chi connectivity index (χ1n) is 10.2. The van der Waals surface area contributed by atoms with Gasteiger partial charge < -0.3 is 24.6 Å². The van der Waals surface area contributed by atoms with E-state index in [2.05, 4.69) is 10.5 Å². The van der Waals surface area contributed by atoms with Crippen molar-refractivity contribution in [3.8, 4) is 0 Å². The number of amides is 1. The second kappa shape index (κ2) is 7.85. The lowest BCUT2D eigenvalue weighted by Crippen LogP contribution is -2.49. The first-order chi connectivity index (χ1) is 16.5. The van der Waals surface area contributed by atoms with Crippen LogP contribution in [0, 0.1) is 13.8 Å². The average molecular weight is 506 g/mol. The molecule has 0 bridgehead atoms. The third-order valence-corrected chi connectivity index (χ3v) is 6.69. The Balaban J connectivity index is 1.83. The van der Waals surface area contributed by atoms with E-state index in [-0.39, 0.29) is 28.7 Å². The van der Waals surface area contributed by atoms with E-state index < -0.39 is 35.7 Å². The van der Waals surface area contributed by atoms with Crippen LogP contribution in [-0.4, -0.2) is 38.2 Å². The van der Waals surface area contributed by atoms with Crippen LogP contribution in [0.2, 0.25) is 0 Å². The Kier molecular flexibility index (Phi) is 5.14. The van der Waals surface area contributed by atoms with E-state index in [4.69, 9.17) is 4.52 Å². The Hall–Kier alpha value is -3.84. The smallest absolute Gasteiger partial charge is 0.416 e. The summed E-state index contributed by atoms with van der Waals surface area (Å²) in [7, 11) is 0. The van der Waals surface area contributed by atoms with Gasteiger partial charge in [0.25, 0.3) is 5.91 Å². The number of hydrogen-bond acceptors (Lipinski definition) is 7. The van der Waals surface area contributed by atoms with Gasteiger partial charge in [0.05, 0.1) is 40.3 Å². The highest BCUT2D eigenvalue weighted by Crippen LogP contribution is 2.42. The standard InChI is InChI=1S/C22H17F3N4O5S/c1-9-13(10(2)34-27-9)6-28-16-4-3-11(22(23,24)25)5-12(16)17(18(28)20(31)32)29-19(30)14-7-35-8-15(14)26-21(29)33/h3-5,7-8,21,26,33H,6H2,1-2H3,(H,31,32). The molecule has 9 nitrogen and oxygen atoms in total. The lowest BCUT2D eigenvalue weighted by atomic mass is 10.1. The highest BCUT2D eigenvalue weighted by molar-refractivity contribution is 7.08. The number of halogens is 3. The second-order valence-corrected chi connectivity index (χ2v) is 8.76. The van der Waals surface area contributed by atoms with Crippen LogP contribution in [0.3, 0.4) is 0 Å². The molecule has 1 aromatic carbocycles. The Morgan fingerprint density at radius 3 is 2.66 bits per heavy atom. The number of carboxylic acids is 1. The molecule has 13 heteroatoms. The van der Waals surface area contributed by atoms with Gasteiger partial charge in [-0.25, -0.2) is 4.79 Å². The number of rotatable bonds is 4. The molecule has 3 aromatic heterocycles. The molecule has 182 valence electrons. The maximum absolute atomic E-state index is 13.6. The number of aromatic carboxylic acids is 1. The fourth-order valence-electron chi connectivity index (χ4n) is 4.27. The number of aryl methyl sites for hydroxylation is 2. The van der Waals surface area contributed by atoms with Gasteiger partial charge >= 0.3 is 12.1 Å². The zero-order valence-corrected chi connectivity index (χ0v) is 19.0. The van der Waals surface area contributed by atoms with Gasteiger partial charge in [0.2, 0.25) is 6.35 Å². The van der Waals surface area contributed by atoms with Gasteiger partial charge in [-0.3, -0.25) is 9.69 Å². The molecule has 3 N–H and O–H groups in total. The number of carbonyl (C=O) groups excluding carboxylic acids is 1.